The highest BCUT2D eigenvalue weighted by Crippen LogP contribution is 1.74. The van der Waals surface area contributed by atoms with Crippen molar-refractivity contribution >= 4 is 6.09 Å². The minimum absolute atomic E-state index is 0.350. The van der Waals surface area contributed by atoms with Crippen molar-refractivity contribution in [3.63, 3.8) is 0 Å². The third-order valence-corrected chi connectivity index (χ3v) is 0.977. The SMILES string of the molecule is CCNC(=O)OCCNCN. The predicted octanol–water partition coefficient (Wildman–Crippen LogP) is -0.762. The molecule has 0 aromatic rings. The molecule has 0 unspecified atom stereocenters. The van der Waals surface area contributed by atoms with E-state index in [2.05, 4.69) is 10.6 Å². The van der Waals surface area contributed by atoms with Crippen molar-refractivity contribution in [2.45, 2.75) is 6.92 Å². The molecule has 0 aliphatic carbocycles. The highest BCUT2D eigenvalue weighted by atomic mass is 16.5. The fourth-order valence-electron chi connectivity index (χ4n) is 0.513. The smallest absolute Gasteiger partial charge is 0.407 e. The lowest BCUT2D eigenvalue weighted by Gasteiger charge is -2.04. The van der Waals surface area contributed by atoms with Gasteiger partial charge in [-0.3, -0.25) is 0 Å². The van der Waals surface area contributed by atoms with E-state index in [4.69, 9.17) is 10.5 Å². The third-order valence-electron chi connectivity index (χ3n) is 0.977. The van der Waals surface area contributed by atoms with E-state index in [1.165, 1.54) is 0 Å². The number of amides is 1. The largest absolute Gasteiger partial charge is 0.448 e. The van der Waals surface area contributed by atoms with Gasteiger partial charge in [-0.25, -0.2) is 4.79 Å². The first-order valence-corrected chi connectivity index (χ1v) is 3.62. The van der Waals surface area contributed by atoms with Gasteiger partial charge >= 0.3 is 6.09 Å². The lowest BCUT2D eigenvalue weighted by atomic mass is 10.7. The second-order valence-electron chi connectivity index (χ2n) is 1.87. The monoisotopic (exact) mass is 161 g/mol. The standard InChI is InChI=1S/C6H15N3O2/c1-2-9-6(10)11-4-3-8-5-7/h8H,2-5,7H2,1H3,(H,9,10). The molecule has 11 heavy (non-hydrogen) atoms. The molecule has 0 atom stereocenters. The fraction of sp³-hybridized carbons (Fsp3) is 0.833. The summed E-state index contributed by atoms with van der Waals surface area (Å²) in [4.78, 5) is 10.6. The van der Waals surface area contributed by atoms with Gasteiger partial charge < -0.3 is 21.1 Å². The molecule has 0 radical (unpaired) electrons. The van der Waals surface area contributed by atoms with Gasteiger partial charge in [0.25, 0.3) is 0 Å². The zero-order valence-electron chi connectivity index (χ0n) is 6.72. The molecule has 0 aromatic heterocycles. The topological polar surface area (TPSA) is 76.4 Å². The summed E-state index contributed by atoms with van der Waals surface area (Å²) in [7, 11) is 0. The van der Waals surface area contributed by atoms with Gasteiger partial charge in [0, 0.05) is 19.8 Å². The van der Waals surface area contributed by atoms with Crippen LogP contribution in [0.25, 0.3) is 0 Å². The molecular formula is C6H15N3O2. The lowest BCUT2D eigenvalue weighted by molar-refractivity contribution is 0.147. The van der Waals surface area contributed by atoms with Gasteiger partial charge in [-0.1, -0.05) is 0 Å². The molecular weight excluding hydrogens is 146 g/mol. The van der Waals surface area contributed by atoms with Gasteiger partial charge in [0.05, 0.1) is 0 Å². The summed E-state index contributed by atoms with van der Waals surface area (Å²) in [6.45, 7) is 3.76. The molecule has 0 heterocycles. The average molecular weight is 161 g/mol. The van der Waals surface area contributed by atoms with Crippen LogP contribution in [0.4, 0.5) is 4.79 Å². The summed E-state index contributed by atoms with van der Waals surface area (Å²) in [6, 6.07) is 0. The van der Waals surface area contributed by atoms with Crippen LogP contribution in [0.2, 0.25) is 0 Å². The molecule has 1 amide bonds. The molecule has 5 nitrogen and oxygen atoms in total. The molecule has 5 heteroatoms. The first kappa shape index (κ1) is 10.2. The Morgan fingerprint density at radius 3 is 2.91 bits per heavy atom. The normalized spacial score (nSPS) is 9.27. The molecule has 0 saturated heterocycles. The second-order valence-corrected chi connectivity index (χ2v) is 1.87. The number of rotatable bonds is 5. The number of hydrogen-bond acceptors (Lipinski definition) is 4. The van der Waals surface area contributed by atoms with Crippen molar-refractivity contribution in [3.05, 3.63) is 0 Å². The van der Waals surface area contributed by atoms with Crippen molar-refractivity contribution in [1.29, 1.82) is 0 Å². The summed E-state index contributed by atoms with van der Waals surface area (Å²) in [5.74, 6) is 0. The zero-order valence-corrected chi connectivity index (χ0v) is 6.72. The van der Waals surface area contributed by atoms with Crippen LogP contribution in [-0.4, -0.2) is 32.5 Å². The van der Waals surface area contributed by atoms with E-state index in [0.717, 1.165) is 0 Å². The van der Waals surface area contributed by atoms with Crippen LogP contribution < -0.4 is 16.4 Å². The second kappa shape index (κ2) is 7.30. The zero-order chi connectivity index (χ0) is 8.53. The van der Waals surface area contributed by atoms with Crippen LogP contribution in [0.3, 0.4) is 0 Å². The number of hydrogen-bond donors (Lipinski definition) is 3. The fourth-order valence-corrected chi connectivity index (χ4v) is 0.513. The Balaban J connectivity index is 3.04. The van der Waals surface area contributed by atoms with Crippen LogP contribution in [0, 0.1) is 0 Å². The maximum absolute atomic E-state index is 10.6. The van der Waals surface area contributed by atoms with Crippen molar-refractivity contribution in [1.82, 2.24) is 10.6 Å². The average Bonchev–Trinajstić information content (AvgIpc) is 1.99. The Hall–Kier alpha value is -0.810. The number of ether oxygens (including phenoxy) is 1. The Morgan fingerprint density at radius 1 is 1.64 bits per heavy atom. The first-order valence-electron chi connectivity index (χ1n) is 3.62. The molecule has 0 bridgehead atoms. The van der Waals surface area contributed by atoms with Crippen LogP contribution in [-0.2, 0) is 4.74 Å². The van der Waals surface area contributed by atoms with E-state index >= 15 is 0 Å². The summed E-state index contributed by atoms with van der Waals surface area (Å²) in [5, 5.41) is 5.32. The van der Waals surface area contributed by atoms with Crippen LogP contribution in [0.1, 0.15) is 6.92 Å². The van der Waals surface area contributed by atoms with Crippen LogP contribution in [0.15, 0.2) is 0 Å². The Bertz CT molecular complexity index is 108. The molecule has 66 valence electrons. The maximum atomic E-state index is 10.6. The van der Waals surface area contributed by atoms with Gasteiger partial charge in [-0.2, -0.15) is 0 Å². The van der Waals surface area contributed by atoms with E-state index in [-0.39, 0.29) is 6.09 Å². The maximum Gasteiger partial charge on any atom is 0.407 e. The van der Waals surface area contributed by atoms with E-state index < -0.39 is 0 Å². The van der Waals surface area contributed by atoms with E-state index in [0.29, 0.717) is 26.4 Å². The van der Waals surface area contributed by atoms with Gasteiger partial charge in [-0.15, -0.1) is 0 Å². The predicted molar refractivity (Wildman–Crippen MR) is 42.1 cm³/mol. The number of nitrogens with one attached hydrogen (secondary N) is 2. The Kier molecular flexibility index (Phi) is 6.76. The molecule has 0 aliphatic rings. The van der Waals surface area contributed by atoms with Gasteiger partial charge in [0.2, 0.25) is 0 Å². The molecule has 4 N–H and O–H groups in total. The highest BCUT2D eigenvalue weighted by molar-refractivity contribution is 5.66. The molecule has 0 saturated carbocycles. The molecule has 0 spiro atoms. The Labute approximate surface area is 66.3 Å². The van der Waals surface area contributed by atoms with E-state index in [9.17, 15) is 4.79 Å². The van der Waals surface area contributed by atoms with Crippen molar-refractivity contribution < 1.29 is 9.53 Å². The Morgan fingerprint density at radius 2 is 2.36 bits per heavy atom. The van der Waals surface area contributed by atoms with Gasteiger partial charge in [0.1, 0.15) is 6.61 Å². The van der Waals surface area contributed by atoms with Crippen molar-refractivity contribution in [2.24, 2.45) is 5.73 Å². The number of nitrogens with two attached hydrogens (primary N) is 1. The quantitative estimate of drug-likeness (QED) is 0.366. The summed E-state index contributed by atoms with van der Waals surface area (Å²) >= 11 is 0. The number of carbonyl (C=O) groups excluding carboxylic acids is 1. The summed E-state index contributed by atoms with van der Waals surface area (Å²) < 4.78 is 4.72. The minimum Gasteiger partial charge on any atom is -0.448 e. The summed E-state index contributed by atoms with van der Waals surface area (Å²) in [5.41, 5.74) is 5.14. The van der Waals surface area contributed by atoms with Crippen LogP contribution in [0.5, 0.6) is 0 Å². The lowest BCUT2D eigenvalue weighted by Crippen LogP contribution is -2.30. The number of carbonyl (C=O) groups is 1. The van der Waals surface area contributed by atoms with Crippen LogP contribution >= 0.6 is 0 Å². The molecule has 0 rings (SSSR count). The summed E-state index contributed by atoms with van der Waals surface area (Å²) in [6.07, 6.45) is -0.383. The minimum atomic E-state index is -0.383. The molecule has 0 aromatic carbocycles. The van der Waals surface area contributed by atoms with Gasteiger partial charge in [-0.05, 0) is 6.92 Å². The van der Waals surface area contributed by atoms with Gasteiger partial charge in [0.15, 0.2) is 0 Å². The van der Waals surface area contributed by atoms with E-state index in [1.807, 2.05) is 6.92 Å². The van der Waals surface area contributed by atoms with E-state index in [1.54, 1.807) is 0 Å². The van der Waals surface area contributed by atoms with Crippen molar-refractivity contribution in [3.8, 4) is 0 Å². The first-order chi connectivity index (χ1) is 5.31. The molecule has 0 aliphatic heterocycles. The number of alkyl carbamates (subject to hydrolysis) is 1. The third kappa shape index (κ3) is 7.08. The highest BCUT2D eigenvalue weighted by Gasteiger charge is 1.96. The molecule has 0 fully saturated rings. The van der Waals surface area contributed by atoms with Crippen molar-refractivity contribution in [2.75, 3.05) is 26.4 Å².